The normalized spacial score (nSPS) is 14.2. The van der Waals surface area contributed by atoms with E-state index in [1.165, 1.54) is 0 Å². The number of ether oxygens (including phenoxy) is 2. The fourth-order valence-corrected chi connectivity index (χ4v) is 2.55. The molecule has 0 aliphatic rings. The molecule has 0 radical (unpaired) electrons. The van der Waals surface area contributed by atoms with Crippen molar-refractivity contribution in [1.82, 2.24) is 4.90 Å². The maximum absolute atomic E-state index is 10.5. The van der Waals surface area contributed by atoms with Gasteiger partial charge in [0.25, 0.3) is 0 Å². The van der Waals surface area contributed by atoms with Crippen LogP contribution in [0.1, 0.15) is 38.9 Å². The molecule has 0 fully saturated rings. The number of aliphatic hydroxyl groups is 1. The van der Waals surface area contributed by atoms with Crippen molar-refractivity contribution in [2.24, 2.45) is 0 Å². The molecule has 1 rings (SSSR count). The second-order valence-electron chi connectivity index (χ2n) is 4.93. The molecule has 2 atom stereocenters. The first kappa shape index (κ1) is 16.8. The van der Waals surface area contributed by atoms with E-state index in [-0.39, 0.29) is 0 Å². The van der Waals surface area contributed by atoms with Gasteiger partial charge >= 0.3 is 0 Å². The van der Waals surface area contributed by atoms with Crippen LogP contribution in [0.3, 0.4) is 0 Å². The third kappa shape index (κ3) is 4.12. The average molecular weight is 281 g/mol. The Hall–Kier alpha value is -1.26. The highest BCUT2D eigenvalue weighted by Crippen LogP contribution is 2.32. The van der Waals surface area contributed by atoms with Gasteiger partial charge in [0.2, 0.25) is 0 Å². The molecular weight excluding hydrogens is 254 g/mol. The zero-order valence-corrected chi connectivity index (χ0v) is 13.2. The van der Waals surface area contributed by atoms with Crippen LogP contribution >= 0.6 is 0 Å². The molecule has 2 unspecified atom stereocenters. The molecular formula is C16H27NO3. The van der Waals surface area contributed by atoms with Gasteiger partial charge in [-0.3, -0.25) is 0 Å². The Morgan fingerprint density at radius 2 is 1.80 bits per heavy atom. The Bertz CT molecular complexity index is 405. The van der Waals surface area contributed by atoms with Crippen LogP contribution in [0, 0.1) is 0 Å². The van der Waals surface area contributed by atoms with Crippen molar-refractivity contribution in [3.63, 3.8) is 0 Å². The van der Waals surface area contributed by atoms with Crippen LogP contribution in [0.2, 0.25) is 0 Å². The molecule has 0 bridgehead atoms. The first-order valence-electron chi connectivity index (χ1n) is 7.21. The molecule has 0 heterocycles. The minimum absolute atomic E-state index is 0.316. The minimum Gasteiger partial charge on any atom is -0.497 e. The van der Waals surface area contributed by atoms with E-state index in [0.29, 0.717) is 18.2 Å². The highest BCUT2D eigenvalue weighted by atomic mass is 16.5. The number of methoxy groups -OCH3 is 2. The van der Waals surface area contributed by atoms with E-state index in [0.717, 1.165) is 24.4 Å². The van der Waals surface area contributed by atoms with Gasteiger partial charge in [0, 0.05) is 11.6 Å². The van der Waals surface area contributed by atoms with Gasteiger partial charge in [-0.1, -0.05) is 13.8 Å². The molecule has 4 nitrogen and oxygen atoms in total. The lowest BCUT2D eigenvalue weighted by atomic mass is 10.0. The smallest absolute Gasteiger partial charge is 0.124 e. The van der Waals surface area contributed by atoms with E-state index < -0.39 is 6.10 Å². The van der Waals surface area contributed by atoms with E-state index >= 15 is 0 Å². The molecule has 0 aromatic heterocycles. The SMILES string of the molecule is CCN(CC)C(C)CC(O)c1cc(OC)ccc1OC. The fourth-order valence-electron chi connectivity index (χ4n) is 2.55. The molecule has 0 spiro atoms. The quantitative estimate of drug-likeness (QED) is 0.795. The maximum Gasteiger partial charge on any atom is 0.124 e. The van der Waals surface area contributed by atoms with Crippen molar-refractivity contribution in [1.29, 1.82) is 0 Å². The zero-order valence-electron chi connectivity index (χ0n) is 13.2. The standard InChI is InChI=1S/C16H27NO3/c1-6-17(7-2)12(3)10-15(18)14-11-13(19-4)8-9-16(14)20-5/h8-9,11-12,15,18H,6-7,10H2,1-5H3. The zero-order chi connectivity index (χ0) is 15.1. The molecule has 0 aliphatic carbocycles. The van der Waals surface area contributed by atoms with Gasteiger partial charge in [0.1, 0.15) is 11.5 Å². The van der Waals surface area contributed by atoms with Gasteiger partial charge in [0.15, 0.2) is 0 Å². The molecule has 0 saturated carbocycles. The summed E-state index contributed by atoms with van der Waals surface area (Å²) in [4.78, 5) is 2.33. The Morgan fingerprint density at radius 1 is 1.15 bits per heavy atom. The topological polar surface area (TPSA) is 41.9 Å². The predicted octanol–water partition coefficient (Wildman–Crippen LogP) is 2.86. The lowest BCUT2D eigenvalue weighted by Gasteiger charge is -2.28. The summed E-state index contributed by atoms with van der Waals surface area (Å²) in [6.07, 6.45) is 0.112. The van der Waals surface area contributed by atoms with Gasteiger partial charge in [-0.25, -0.2) is 0 Å². The summed E-state index contributed by atoms with van der Waals surface area (Å²) < 4.78 is 10.6. The second kappa shape index (κ2) is 8.12. The van der Waals surface area contributed by atoms with Crippen LogP contribution in [0.5, 0.6) is 11.5 Å². The number of aliphatic hydroxyl groups excluding tert-OH is 1. The molecule has 1 N–H and O–H groups in total. The summed E-state index contributed by atoms with van der Waals surface area (Å²) >= 11 is 0. The fraction of sp³-hybridized carbons (Fsp3) is 0.625. The first-order valence-corrected chi connectivity index (χ1v) is 7.21. The number of rotatable bonds is 8. The predicted molar refractivity (Wildman–Crippen MR) is 81.5 cm³/mol. The van der Waals surface area contributed by atoms with Crippen molar-refractivity contribution in [2.45, 2.75) is 39.3 Å². The number of hydrogen-bond acceptors (Lipinski definition) is 4. The molecule has 4 heteroatoms. The van der Waals surface area contributed by atoms with Crippen LogP contribution in [0.25, 0.3) is 0 Å². The van der Waals surface area contributed by atoms with Crippen molar-refractivity contribution in [3.05, 3.63) is 23.8 Å². The summed E-state index contributed by atoms with van der Waals surface area (Å²) in [7, 11) is 3.24. The summed E-state index contributed by atoms with van der Waals surface area (Å²) in [6.45, 7) is 8.39. The maximum atomic E-state index is 10.5. The van der Waals surface area contributed by atoms with Crippen molar-refractivity contribution < 1.29 is 14.6 Å². The Morgan fingerprint density at radius 3 is 2.30 bits per heavy atom. The second-order valence-corrected chi connectivity index (χ2v) is 4.93. The van der Waals surface area contributed by atoms with Crippen LogP contribution in [-0.4, -0.2) is 43.4 Å². The van der Waals surface area contributed by atoms with E-state index in [4.69, 9.17) is 9.47 Å². The third-order valence-corrected chi connectivity index (χ3v) is 3.80. The lowest BCUT2D eigenvalue weighted by molar-refractivity contribution is 0.111. The van der Waals surface area contributed by atoms with Crippen LogP contribution in [0.15, 0.2) is 18.2 Å². The first-order chi connectivity index (χ1) is 9.57. The van der Waals surface area contributed by atoms with Crippen molar-refractivity contribution >= 4 is 0 Å². The highest BCUT2D eigenvalue weighted by molar-refractivity contribution is 5.41. The van der Waals surface area contributed by atoms with Gasteiger partial charge in [-0.2, -0.15) is 0 Å². The van der Waals surface area contributed by atoms with Crippen molar-refractivity contribution in [2.75, 3.05) is 27.3 Å². The lowest BCUT2D eigenvalue weighted by Crippen LogP contribution is -2.33. The van der Waals surface area contributed by atoms with E-state index in [9.17, 15) is 5.11 Å². The number of nitrogens with zero attached hydrogens (tertiary/aromatic N) is 1. The molecule has 20 heavy (non-hydrogen) atoms. The number of hydrogen-bond donors (Lipinski definition) is 1. The average Bonchev–Trinajstić information content (AvgIpc) is 2.47. The largest absolute Gasteiger partial charge is 0.497 e. The van der Waals surface area contributed by atoms with Crippen LogP contribution in [0.4, 0.5) is 0 Å². The monoisotopic (exact) mass is 281 g/mol. The Labute approximate surface area is 122 Å². The van der Waals surface area contributed by atoms with Crippen LogP contribution in [-0.2, 0) is 0 Å². The van der Waals surface area contributed by atoms with Gasteiger partial charge in [0.05, 0.1) is 20.3 Å². The van der Waals surface area contributed by atoms with Gasteiger partial charge in [-0.05, 0) is 44.6 Å². The third-order valence-electron chi connectivity index (χ3n) is 3.80. The summed E-state index contributed by atoms with van der Waals surface area (Å²) in [5.41, 5.74) is 0.783. The summed E-state index contributed by atoms with van der Waals surface area (Å²) in [5.74, 6) is 1.43. The summed E-state index contributed by atoms with van der Waals surface area (Å²) in [6, 6.07) is 5.83. The molecule has 0 saturated heterocycles. The van der Waals surface area contributed by atoms with E-state index in [1.54, 1.807) is 14.2 Å². The molecule has 1 aromatic rings. The van der Waals surface area contributed by atoms with E-state index in [1.807, 2.05) is 18.2 Å². The van der Waals surface area contributed by atoms with Crippen molar-refractivity contribution in [3.8, 4) is 11.5 Å². The summed E-state index contributed by atoms with van der Waals surface area (Å²) in [5, 5.41) is 10.5. The Kier molecular flexibility index (Phi) is 6.82. The Balaban J connectivity index is 2.87. The minimum atomic E-state index is -0.560. The van der Waals surface area contributed by atoms with Crippen LogP contribution < -0.4 is 9.47 Å². The molecule has 1 aromatic carbocycles. The molecule has 0 amide bonds. The van der Waals surface area contributed by atoms with E-state index in [2.05, 4.69) is 25.7 Å². The molecule has 114 valence electrons. The number of benzene rings is 1. The molecule has 0 aliphatic heterocycles. The highest BCUT2D eigenvalue weighted by Gasteiger charge is 2.20. The van der Waals surface area contributed by atoms with Gasteiger partial charge in [-0.15, -0.1) is 0 Å². The van der Waals surface area contributed by atoms with Gasteiger partial charge < -0.3 is 19.5 Å².